The van der Waals surface area contributed by atoms with Crippen LogP contribution < -0.4 is 10.3 Å². The molecule has 3 rings (SSSR count). The lowest BCUT2D eigenvalue weighted by atomic mass is 10.2. The number of hydrogen-bond donors (Lipinski definition) is 0. The van der Waals surface area contributed by atoms with Gasteiger partial charge in [0.2, 0.25) is 5.89 Å². The summed E-state index contributed by atoms with van der Waals surface area (Å²) in [7, 11) is 3.21. The summed E-state index contributed by atoms with van der Waals surface area (Å²) in [5.74, 6) is 1.10. The van der Waals surface area contributed by atoms with Gasteiger partial charge in [0.15, 0.2) is 0 Å². The van der Waals surface area contributed by atoms with E-state index in [1.165, 1.54) is 17.7 Å². The Hall–Kier alpha value is -2.60. The second-order valence-electron chi connectivity index (χ2n) is 4.62. The Kier molecular flexibility index (Phi) is 3.68. The molecule has 0 saturated carbocycles. The van der Waals surface area contributed by atoms with Gasteiger partial charge in [-0.05, 0) is 24.3 Å². The van der Waals surface area contributed by atoms with E-state index in [-0.39, 0.29) is 11.4 Å². The molecule has 0 amide bonds. The first kappa shape index (κ1) is 14.3. The Bertz CT molecular complexity index is 886. The number of pyridine rings is 1. The van der Waals surface area contributed by atoms with Gasteiger partial charge in [0.05, 0.1) is 12.7 Å². The van der Waals surface area contributed by atoms with Crippen LogP contribution in [0.15, 0.2) is 45.7 Å². The zero-order valence-corrected chi connectivity index (χ0v) is 12.7. The molecule has 6 nitrogen and oxygen atoms in total. The molecule has 0 atom stereocenters. The highest BCUT2D eigenvalue weighted by Crippen LogP contribution is 2.32. The molecule has 0 saturated heterocycles. The molecule has 2 heterocycles. The van der Waals surface area contributed by atoms with Gasteiger partial charge in [-0.25, -0.2) is 0 Å². The predicted molar refractivity (Wildman–Crippen MR) is 82.0 cm³/mol. The number of aryl methyl sites for hydroxylation is 1. The van der Waals surface area contributed by atoms with Crippen molar-refractivity contribution in [1.82, 2.24) is 14.8 Å². The number of aromatic nitrogens is 3. The van der Waals surface area contributed by atoms with Crippen LogP contribution in [0.4, 0.5) is 0 Å². The number of rotatable bonds is 3. The molecule has 0 bridgehead atoms. The summed E-state index contributed by atoms with van der Waals surface area (Å²) in [5, 5.41) is 8.53. The lowest BCUT2D eigenvalue weighted by Gasteiger charge is -2.04. The van der Waals surface area contributed by atoms with E-state index < -0.39 is 0 Å². The van der Waals surface area contributed by atoms with Gasteiger partial charge >= 0.3 is 0 Å². The quantitative estimate of drug-likeness (QED) is 0.743. The lowest BCUT2D eigenvalue weighted by molar-refractivity contribution is 0.414. The summed E-state index contributed by atoms with van der Waals surface area (Å²) in [5.41, 5.74) is 1.05. The standard InChI is InChI=1S/C15H12ClN3O3/c1-19-6-5-9(7-13(19)20)14-17-18-15(22-14)11-4-3-10(16)8-12(11)21-2/h3-8H,1-2H3. The van der Waals surface area contributed by atoms with Gasteiger partial charge in [-0.3, -0.25) is 4.79 Å². The average molecular weight is 318 g/mol. The first-order chi connectivity index (χ1) is 10.6. The Labute approximate surface area is 130 Å². The van der Waals surface area contributed by atoms with Gasteiger partial charge in [0.1, 0.15) is 5.75 Å². The summed E-state index contributed by atoms with van der Waals surface area (Å²) in [4.78, 5) is 11.7. The largest absolute Gasteiger partial charge is 0.496 e. The van der Waals surface area contributed by atoms with Gasteiger partial charge in [-0.1, -0.05) is 11.6 Å². The second kappa shape index (κ2) is 5.65. The molecule has 0 fully saturated rings. The van der Waals surface area contributed by atoms with Crippen LogP contribution in [0.3, 0.4) is 0 Å². The number of halogens is 1. The molecule has 1 aromatic carbocycles. The monoisotopic (exact) mass is 317 g/mol. The average Bonchev–Trinajstić information content (AvgIpc) is 2.99. The molecule has 0 N–H and O–H groups in total. The second-order valence-corrected chi connectivity index (χ2v) is 5.06. The molecule has 22 heavy (non-hydrogen) atoms. The zero-order valence-electron chi connectivity index (χ0n) is 11.9. The van der Waals surface area contributed by atoms with Crippen LogP contribution in [0.2, 0.25) is 5.02 Å². The van der Waals surface area contributed by atoms with E-state index in [1.54, 1.807) is 37.5 Å². The maximum absolute atomic E-state index is 11.7. The minimum atomic E-state index is -0.152. The molecule has 112 valence electrons. The fourth-order valence-electron chi connectivity index (χ4n) is 1.97. The minimum absolute atomic E-state index is 0.152. The number of nitrogens with zero attached hydrogens (tertiary/aromatic N) is 3. The van der Waals surface area contributed by atoms with E-state index in [0.29, 0.717) is 27.8 Å². The number of benzene rings is 1. The number of hydrogen-bond acceptors (Lipinski definition) is 5. The van der Waals surface area contributed by atoms with Gasteiger partial charge in [-0.15, -0.1) is 10.2 Å². The van der Waals surface area contributed by atoms with Crippen LogP contribution >= 0.6 is 11.6 Å². The van der Waals surface area contributed by atoms with Crippen LogP contribution in [0.5, 0.6) is 5.75 Å². The molecule has 0 unspecified atom stereocenters. The molecular weight excluding hydrogens is 306 g/mol. The van der Waals surface area contributed by atoms with Crippen molar-refractivity contribution >= 4 is 11.6 Å². The molecule has 2 aromatic heterocycles. The third-order valence-corrected chi connectivity index (χ3v) is 3.41. The first-order valence-corrected chi connectivity index (χ1v) is 6.81. The fourth-order valence-corrected chi connectivity index (χ4v) is 2.13. The van der Waals surface area contributed by atoms with E-state index >= 15 is 0 Å². The molecule has 7 heteroatoms. The van der Waals surface area contributed by atoms with Crippen LogP contribution in [-0.4, -0.2) is 21.9 Å². The lowest BCUT2D eigenvalue weighted by Crippen LogP contribution is -2.14. The Morgan fingerprint density at radius 2 is 1.95 bits per heavy atom. The van der Waals surface area contributed by atoms with E-state index in [2.05, 4.69) is 10.2 Å². The first-order valence-electron chi connectivity index (χ1n) is 6.43. The topological polar surface area (TPSA) is 70.2 Å². The summed E-state index contributed by atoms with van der Waals surface area (Å²) in [6, 6.07) is 8.29. The van der Waals surface area contributed by atoms with Crippen molar-refractivity contribution in [2.45, 2.75) is 0 Å². The number of ether oxygens (including phenoxy) is 1. The van der Waals surface area contributed by atoms with E-state index in [4.69, 9.17) is 20.8 Å². The Morgan fingerprint density at radius 1 is 1.18 bits per heavy atom. The van der Waals surface area contributed by atoms with Crippen molar-refractivity contribution in [3.8, 4) is 28.7 Å². The van der Waals surface area contributed by atoms with Crippen molar-refractivity contribution in [1.29, 1.82) is 0 Å². The Balaban J connectivity index is 2.04. The zero-order chi connectivity index (χ0) is 15.7. The minimum Gasteiger partial charge on any atom is -0.496 e. The van der Waals surface area contributed by atoms with Gasteiger partial charge in [0, 0.05) is 29.9 Å². The molecular formula is C15H12ClN3O3. The molecule has 3 aromatic rings. The maximum atomic E-state index is 11.7. The third kappa shape index (κ3) is 2.60. The third-order valence-electron chi connectivity index (χ3n) is 3.17. The van der Waals surface area contributed by atoms with E-state index in [1.807, 2.05) is 0 Å². The highest BCUT2D eigenvalue weighted by Gasteiger charge is 2.15. The van der Waals surface area contributed by atoms with Gasteiger partial charge in [-0.2, -0.15) is 0 Å². The van der Waals surface area contributed by atoms with Crippen molar-refractivity contribution in [3.05, 3.63) is 51.9 Å². The van der Waals surface area contributed by atoms with Crippen LogP contribution in [0.1, 0.15) is 0 Å². The summed E-state index contributed by atoms with van der Waals surface area (Å²) < 4.78 is 12.4. The normalized spacial score (nSPS) is 10.7. The molecule has 0 radical (unpaired) electrons. The highest BCUT2D eigenvalue weighted by molar-refractivity contribution is 6.30. The van der Waals surface area contributed by atoms with Crippen LogP contribution in [0, 0.1) is 0 Å². The molecule has 0 aliphatic rings. The highest BCUT2D eigenvalue weighted by atomic mass is 35.5. The molecule has 0 spiro atoms. The van der Waals surface area contributed by atoms with Crippen molar-refractivity contribution in [2.24, 2.45) is 7.05 Å². The summed E-state index contributed by atoms with van der Waals surface area (Å²) in [6.07, 6.45) is 1.64. The van der Waals surface area contributed by atoms with Crippen molar-refractivity contribution in [3.63, 3.8) is 0 Å². The fraction of sp³-hybridized carbons (Fsp3) is 0.133. The van der Waals surface area contributed by atoms with Crippen molar-refractivity contribution in [2.75, 3.05) is 7.11 Å². The molecule has 0 aliphatic carbocycles. The Morgan fingerprint density at radius 3 is 2.68 bits per heavy atom. The summed E-state index contributed by atoms with van der Waals surface area (Å²) >= 11 is 5.93. The van der Waals surface area contributed by atoms with Crippen LogP contribution in [0.25, 0.3) is 22.9 Å². The predicted octanol–water partition coefficient (Wildman–Crippen LogP) is 2.76. The van der Waals surface area contributed by atoms with Gasteiger partial charge < -0.3 is 13.7 Å². The van der Waals surface area contributed by atoms with E-state index in [0.717, 1.165) is 0 Å². The SMILES string of the molecule is COc1cc(Cl)ccc1-c1nnc(-c2ccn(C)c(=O)c2)o1. The summed E-state index contributed by atoms with van der Waals surface area (Å²) in [6.45, 7) is 0. The van der Waals surface area contributed by atoms with Crippen LogP contribution in [-0.2, 0) is 7.05 Å². The van der Waals surface area contributed by atoms with E-state index in [9.17, 15) is 4.79 Å². The van der Waals surface area contributed by atoms with Crippen molar-refractivity contribution < 1.29 is 9.15 Å². The van der Waals surface area contributed by atoms with Gasteiger partial charge in [0.25, 0.3) is 11.4 Å². The maximum Gasteiger partial charge on any atom is 0.251 e. The molecule has 0 aliphatic heterocycles. The smallest absolute Gasteiger partial charge is 0.251 e. The number of methoxy groups -OCH3 is 1.